The minimum Gasteiger partial charge on any atom is -0.347 e. The van der Waals surface area contributed by atoms with Gasteiger partial charge in [-0.05, 0) is 24.8 Å². The molecule has 2 heterocycles. The summed E-state index contributed by atoms with van der Waals surface area (Å²) < 4.78 is 11.4. The van der Waals surface area contributed by atoms with Gasteiger partial charge in [0.15, 0.2) is 5.79 Å². The lowest BCUT2D eigenvalue weighted by atomic mass is 10.0. The van der Waals surface area contributed by atoms with Gasteiger partial charge in [0.2, 0.25) is 0 Å². The number of nitrogens with one attached hydrogen (secondary N) is 1. The second kappa shape index (κ2) is 7.11. The lowest BCUT2D eigenvalue weighted by Crippen LogP contribution is -2.50. The van der Waals surface area contributed by atoms with Crippen molar-refractivity contribution in [2.45, 2.75) is 36.5 Å². The molecule has 0 radical (unpaired) electrons. The Kier molecular flexibility index (Phi) is 5.14. The standard InChI is InChI=1S/C17H24N2O3S/c1-13(14-5-3-4-6-15(14)23-2)18-16(20)19-9-7-17(8-10-19)21-11-12-22-17/h3-6,13H,7-12H2,1-2H3,(H,18,20)/t13-/m1/s1. The third-order valence-electron chi connectivity index (χ3n) is 4.57. The fourth-order valence-corrected chi connectivity index (χ4v) is 3.91. The van der Waals surface area contributed by atoms with Crippen LogP contribution in [-0.2, 0) is 9.47 Å². The molecule has 2 aliphatic heterocycles. The van der Waals surface area contributed by atoms with E-state index in [9.17, 15) is 4.79 Å². The van der Waals surface area contributed by atoms with Gasteiger partial charge >= 0.3 is 6.03 Å². The van der Waals surface area contributed by atoms with Gasteiger partial charge in [0.1, 0.15) is 0 Å². The summed E-state index contributed by atoms with van der Waals surface area (Å²) in [6, 6.07) is 8.17. The van der Waals surface area contributed by atoms with Crippen molar-refractivity contribution in [3.63, 3.8) is 0 Å². The van der Waals surface area contributed by atoms with E-state index >= 15 is 0 Å². The molecule has 1 spiro atoms. The predicted octanol–water partition coefficient (Wildman–Crippen LogP) is 3.02. The van der Waals surface area contributed by atoms with E-state index in [4.69, 9.17) is 9.47 Å². The molecule has 0 saturated carbocycles. The van der Waals surface area contributed by atoms with Gasteiger partial charge in [0.05, 0.1) is 19.3 Å². The highest BCUT2D eigenvalue weighted by Gasteiger charge is 2.40. The molecule has 2 saturated heterocycles. The summed E-state index contributed by atoms with van der Waals surface area (Å²) in [5.74, 6) is -0.437. The zero-order chi connectivity index (χ0) is 16.3. The molecule has 2 fully saturated rings. The van der Waals surface area contributed by atoms with Crippen LogP contribution in [0.15, 0.2) is 29.2 Å². The number of piperidine rings is 1. The summed E-state index contributed by atoms with van der Waals surface area (Å²) in [5, 5.41) is 3.11. The number of amides is 2. The van der Waals surface area contributed by atoms with Crippen LogP contribution in [0.4, 0.5) is 4.79 Å². The smallest absolute Gasteiger partial charge is 0.317 e. The van der Waals surface area contributed by atoms with Crippen molar-refractivity contribution in [2.24, 2.45) is 0 Å². The molecule has 23 heavy (non-hydrogen) atoms. The summed E-state index contributed by atoms with van der Waals surface area (Å²) in [5.41, 5.74) is 1.16. The molecule has 126 valence electrons. The average molecular weight is 336 g/mol. The Balaban J connectivity index is 1.57. The number of nitrogens with zero attached hydrogens (tertiary/aromatic N) is 1. The Labute approximate surface area is 141 Å². The minimum absolute atomic E-state index is 0.0127. The molecule has 1 atom stereocenters. The number of benzene rings is 1. The molecule has 0 unspecified atom stereocenters. The van der Waals surface area contributed by atoms with Crippen molar-refractivity contribution in [1.82, 2.24) is 10.2 Å². The number of rotatable bonds is 3. The lowest BCUT2D eigenvalue weighted by Gasteiger charge is -2.37. The molecular formula is C17H24N2O3S. The van der Waals surface area contributed by atoms with Crippen LogP contribution < -0.4 is 5.32 Å². The molecule has 5 nitrogen and oxygen atoms in total. The van der Waals surface area contributed by atoms with Crippen molar-refractivity contribution in [2.75, 3.05) is 32.6 Å². The van der Waals surface area contributed by atoms with E-state index in [1.807, 2.05) is 24.0 Å². The topological polar surface area (TPSA) is 50.8 Å². The number of hydrogen-bond acceptors (Lipinski definition) is 4. The highest BCUT2D eigenvalue weighted by atomic mass is 32.2. The molecule has 1 N–H and O–H groups in total. The lowest BCUT2D eigenvalue weighted by molar-refractivity contribution is -0.181. The number of ether oxygens (including phenoxy) is 2. The van der Waals surface area contributed by atoms with Gasteiger partial charge in [-0.3, -0.25) is 0 Å². The van der Waals surface area contributed by atoms with E-state index in [1.165, 1.54) is 4.90 Å². The van der Waals surface area contributed by atoms with E-state index in [1.54, 1.807) is 11.8 Å². The first kappa shape index (κ1) is 16.6. The maximum Gasteiger partial charge on any atom is 0.317 e. The molecule has 0 aromatic heterocycles. The number of hydrogen-bond donors (Lipinski definition) is 1. The molecule has 0 bridgehead atoms. The minimum atomic E-state index is -0.437. The monoisotopic (exact) mass is 336 g/mol. The number of likely N-dealkylation sites (tertiary alicyclic amines) is 1. The van der Waals surface area contributed by atoms with E-state index in [2.05, 4.69) is 23.7 Å². The van der Waals surface area contributed by atoms with Crippen LogP contribution in [0.1, 0.15) is 31.4 Å². The molecule has 3 rings (SSSR count). The molecule has 0 aliphatic carbocycles. The van der Waals surface area contributed by atoms with E-state index in [-0.39, 0.29) is 12.1 Å². The van der Waals surface area contributed by atoms with Crippen LogP contribution in [0.25, 0.3) is 0 Å². The predicted molar refractivity (Wildman–Crippen MR) is 90.6 cm³/mol. The summed E-state index contributed by atoms with van der Waals surface area (Å²) >= 11 is 1.70. The van der Waals surface area contributed by atoms with E-state index in [0.29, 0.717) is 26.3 Å². The van der Waals surface area contributed by atoms with Crippen LogP contribution in [0.5, 0.6) is 0 Å². The largest absolute Gasteiger partial charge is 0.347 e. The quantitative estimate of drug-likeness (QED) is 0.862. The summed E-state index contributed by atoms with van der Waals surface area (Å²) in [4.78, 5) is 15.6. The first-order chi connectivity index (χ1) is 11.1. The van der Waals surface area contributed by atoms with Crippen molar-refractivity contribution < 1.29 is 14.3 Å². The van der Waals surface area contributed by atoms with Gasteiger partial charge in [-0.25, -0.2) is 4.79 Å². The van der Waals surface area contributed by atoms with Gasteiger partial charge in [-0.2, -0.15) is 0 Å². The molecule has 1 aromatic rings. The summed E-state index contributed by atoms with van der Waals surface area (Å²) in [6.07, 6.45) is 3.55. The first-order valence-corrected chi connectivity index (χ1v) is 9.32. The maximum absolute atomic E-state index is 12.5. The molecule has 2 amide bonds. The van der Waals surface area contributed by atoms with Gasteiger partial charge in [0, 0.05) is 30.8 Å². The van der Waals surface area contributed by atoms with E-state index in [0.717, 1.165) is 18.4 Å². The normalized spacial score (nSPS) is 21.4. The van der Waals surface area contributed by atoms with Crippen molar-refractivity contribution >= 4 is 17.8 Å². The molecule has 1 aromatic carbocycles. The maximum atomic E-state index is 12.5. The van der Waals surface area contributed by atoms with Crippen LogP contribution in [-0.4, -0.2) is 49.3 Å². The van der Waals surface area contributed by atoms with Crippen molar-refractivity contribution in [1.29, 1.82) is 0 Å². The number of carbonyl (C=O) groups is 1. The second-order valence-electron chi connectivity index (χ2n) is 6.01. The van der Waals surface area contributed by atoms with Crippen LogP contribution in [0.3, 0.4) is 0 Å². The van der Waals surface area contributed by atoms with Crippen molar-refractivity contribution in [3.05, 3.63) is 29.8 Å². The van der Waals surface area contributed by atoms with Gasteiger partial charge in [0.25, 0.3) is 0 Å². The average Bonchev–Trinajstić information content (AvgIpc) is 3.03. The molecular weight excluding hydrogens is 312 g/mol. The van der Waals surface area contributed by atoms with Gasteiger partial charge < -0.3 is 19.7 Å². The summed E-state index contributed by atoms with van der Waals surface area (Å²) in [6.45, 7) is 4.69. The number of carbonyl (C=O) groups excluding carboxylic acids is 1. The molecule has 2 aliphatic rings. The molecule has 6 heteroatoms. The van der Waals surface area contributed by atoms with E-state index < -0.39 is 5.79 Å². The van der Waals surface area contributed by atoms with Gasteiger partial charge in [-0.15, -0.1) is 11.8 Å². The zero-order valence-corrected chi connectivity index (χ0v) is 14.5. The summed E-state index contributed by atoms with van der Waals surface area (Å²) in [7, 11) is 0. The van der Waals surface area contributed by atoms with Crippen molar-refractivity contribution in [3.8, 4) is 0 Å². The van der Waals surface area contributed by atoms with Crippen LogP contribution in [0.2, 0.25) is 0 Å². The zero-order valence-electron chi connectivity index (χ0n) is 13.7. The SMILES string of the molecule is CSc1ccccc1[C@@H](C)NC(=O)N1CCC2(CC1)OCCO2. The van der Waals surface area contributed by atoms with Gasteiger partial charge in [-0.1, -0.05) is 18.2 Å². The highest BCUT2D eigenvalue weighted by Crippen LogP contribution is 2.31. The highest BCUT2D eigenvalue weighted by molar-refractivity contribution is 7.98. The number of urea groups is 1. The Morgan fingerprint density at radius 1 is 1.26 bits per heavy atom. The first-order valence-electron chi connectivity index (χ1n) is 8.10. The number of thioether (sulfide) groups is 1. The Morgan fingerprint density at radius 3 is 2.57 bits per heavy atom. The fraction of sp³-hybridized carbons (Fsp3) is 0.588. The Bertz CT molecular complexity index is 551. The fourth-order valence-electron chi connectivity index (χ4n) is 3.21. The third-order valence-corrected chi connectivity index (χ3v) is 5.38. The third kappa shape index (κ3) is 3.65. The van der Waals surface area contributed by atoms with Crippen LogP contribution in [0, 0.1) is 0 Å². The second-order valence-corrected chi connectivity index (χ2v) is 6.86. The Hall–Kier alpha value is -1.24. The Morgan fingerprint density at radius 2 is 1.91 bits per heavy atom. The van der Waals surface area contributed by atoms with Crippen LogP contribution >= 0.6 is 11.8 Å².